The van der Waals surface area contributed by atoms with Crippen molar-refractivity contribution in [3.05, 3.63) is 71.6 Å². The average Bonchev–Trinajstić information content (AvgIpc) is 3.28. The minimum Gasteiger partial charge on any atom is -0.491 e. The number of tetrazole rings is 1. The fraction of sp³-hybridized carbons (Fsp3) is 0.500. The van der Waals surface area contributed by atoms with Gasteiger partial charge >= 0.3 is 0 Å². The zero-order valence-corrected chi connectivity index (χ0v) is 21.0. The maximum Gasteiger partial charge on any atom is 0.287 e. The van der Waals surface area contributed by atoms with Crippen LogP contribution < -0.4 is 4.74 Å². The van der Waals surface area contributed by atoms with E-state index in [0.29, 0.717) is 18.4 Å². The van der Waals surface area contributed by atoms with Crippen LogP contribution in [0, 0.1) is 17.0 Å². The highest BCUT2D eigenvalue weighted by Gasteiger charge is 2.82. The van der Waals surface area contributed by atoms with Gasteiger partial charge in [-0.1, -0.05) is 12.1 Å². The van der Waals surface area contributed by atoms with Crippen molar-refractivity contribution in [3.8, 4) is 5.75 Å². The Hall–Kier alpha value is -3.09. The Labute approximate surface area is 216 Å². The third kappa shape index (κ3) is 4.24. The molecule has 2 aromatic carbocycles. The molecule has 0 unspecified atom stereocenters. The molecule has 0 spiro atoms. The van der Waals surface area contributed by atoms with Gasteiger partial charge in [0.1, 0.15) is 36.4 Å². The number of nitrogens with zero attached hydrogens (tertiary/aromatic N) is 5. The molecule has 3 aromatic rings. The lowest BCUT2D eigenvalue weighted by Gasteiger charge is -2.74. The summed E-state index contributed by atoms with van der Waals surface area (Å²) < 4.78 is 67.4. The number of aliphatic hydroxyl groups excluding tert-OH is 1. The lowest BCUT2D eigenvalue weighted by Crippen LogP contribution is -2.76. The van der Waals surface area contributed by atoms with Crippen LogP contribution in [0.5, 0.6) is 5.75 Å². The van der Waals surface area contributed by atoms with Crippen LogP contribution in [0.15, 0.2) is 48.8 Å². The van der Waals surface area contributed by atoms with Gasteiger partial charge in [-0.15, -0.1) is 5.10 Å². The van der Waals surface area contributed by atoms with Gasteiger partial charge in [-0.05, 0) is 79.0 Å². The summed E-state index contributed by atoms with van der Waals surface area (Å²) in [5, 5.41) is 31.8. The van der Waals surface area contributed by atoms with Crippen molar-refractivity contribution < 1.29 is 32.5 Å². The smallest absolute Gasteiger partial charge is 0.287 e. The molecule has 1 heterocycles. The normalized spacial score (nSPS) is 24.9. The Morgan fingerprint density at radius 2 is 1.79 bits per heavy atom. The molecule has 6 rings (SSSR count). The highest BCUT2D eigenvalue weighted by molar-refractivity contribution is 5.44. The van der Waals surface area contributed by atoms with Crippen LogP contribution in [0.3, 0.4) is 0 Å². The molecule has 2 atom stereocenters. The number of hydrogen-bond donors (Lipinski definition) is 2. The number of alkyl halides is 2. The van der Waals surface area contributed by atoms with Gasteiger partial charge in [0.2, 0.25) is 0 Å². The Morgan fingerprint density at radius 3 is 2.37 bits per heavy atom. The summed E-state index contributed by atoms with van der Waals surface area (Å²) in [7, 11) is 3.70. The minimum absolute atomic E-state index is 0.0927. The zero-order chi connectivity index (χ0) is 27.3. The quantitative estimate of drug-likeness (QED) is 0.365. The molecule has 3 fully saturated rings. The van der Waals surface area contributed by atoms with E-state index in [1.54, 1.807) is 12.1 Å². The minimum atomic E-state index is -3.78. The molecule has 2 N–H and O–H groups in total. The highest BCUT2D eigenvalue weighted by Crippen LogP contribution is 2.80. The lowest BCUT2D eigenvalue weighted by molar-refractivity contribution is -0.347. The third-order valence-electron chi connectivity index (χ3n) is 7.86. The summed E-state index contributed by atoms with van der Waals surface area (Å²) in [6.07, 6.45) is 0.678. The van der Waals surface area contributed by atoms with E-state index in [-0.39, 0.29) is 25.9 Å². The second kappa shape index (κ2) is 9.28. The highest BCUT2D eigenvalue weighted by atomic mass is 19.3. The second-order valence-electron chi connectivity index (χ2n) is 10.9. The number of likely N-dealkylation sites (N-methyl/N-ethyl adjacent to an activating group) is 1. The molecule has 38 heavy (non-hydrogen) atoms. The Kier molecular flexibility index (Phi) is 6.48. The fourth-order valence-corrected chi connectivity index (χ4v) is 6.10. The lowest BCUT2D eigenvalue weighted by atomic mass is 9.30. The van der Waals surface area contributed by atoms with E-state index in [0.717, 1.165) is 28.7 Å². The Bertz CT molecular complexity index is 1270. The van der Waals surface area contributed by atoms with Gasteiger partial charge in [-0.25, -0.2) is 22.2 Å². The van der Waals surface area contributed by atoms with Crippen molar-refractivity contribution >= 4 is 0 Å². The summed E-state index contributed by atoms with van der Waals surface area (Å²) in [6, 6.07) is 9.28. The molecule has 0 amide bonds. The fourth-order valence-electron chi connectivity index (χ4n) is 6.10. The SMILES string of the molecule is CN(C)C[C@@H](O)COc1ccc(C23CC(C(F)(F)[C@](O)(Cn4cnnn4)c4ccc(F)cc4F)(C2)C3)cc1. The van der Waals surface area contributed by atoms with Crippen LogP contribution in [0.4, 0.5) is 17.6 Å². The van der Waals surface area contributed by atoms with Gasteiger partial charge < -0.3 is 19.8 Å². The molecule has 204 valence electrons. The summed E-state index contributed by atoms with van der Waals surface area (Å²) in [5.74, 6) is -5.44. The van der Waals surface area contributed by atoms with E-state index >= 15 is 8.78 Å². The summed E-state index contributed by atoms with van der Waals surface area (Å²) in [5.41, 5.74) is -4.91. The van der Waals surface area contributed by atoms with Crippen molar-refractivity contribution in [2.24, 2.45) is 5.41 Å². The predicted octanol–water partition coefficient (Wildman–Crippen LogP) is 2.90. The maximum absolute atomic E-state index is 16.3. The van der Waals surface area contributed by atoms with Crippen molar-refractivity contribution in [1.29, 1.82) is 0 Å². The van der Waals surface area contributed by atoms with Crippen LogP contribution in [0.1, 0.15) is 30.4 Å². The predicted molar refractivity (Wildman–Crippen MR) is 127 cm³/mol. The first kappa shape index (κ1) is 26.5. The largest absolute Gasteiger partial charge is 0.491 e. The van der Waals surface area contributed by atoms with Gasteiger partial charge in [-0.3, -0.25) is 0 Å². The summed E-state index contributed by atoms with van der Waals surface area (Å²) in [6.45, 7) is -0.229. The molecule has 0 aliphatic heterocycles. The van der Waals surface area contributed by atoms with Gasteiger partial charge in [0, 0.05) is 23.6 Å². The number of rotatable bonds is 11. The van der Waals surface area contributed by atoms with Crippen molar-refractivity contribution in [1.82, 2.24) is 25.1 Å². The monoisotopic (exact) mass is 535 g/mol. The number of benzene rings is 2. The maximum atomic E-state index is 16.3. The van der Waals surface area contributed by atoms with Crippen LogP contribution in [0.2, 0.25) is 0 Å². The van der Waals surface area contributed by atoms with E-state index < -0.39 is 52.2 Å². The van der Waals surface area contributed by atoms with Crippen molar-refractivity contribution in [3.63, 3.8) is 0 Å². The van der Waals surface area contributed by atoms with E-state index in [4.69, 9.17) is 4.74 Å². The van der Waals surface area contributed by atoms with Crippen LogP contribution in [-0.4, -0.2) is 74.6 Å². The van der Waals surface area contributed by atoms with Crippen LogP contribution >= 0.6 is 0 Å². The second-order valence-corrected chi connectivity index (χ2v) is 10.9. The van der Waals surface area contributed by atoms with E-state index in [1.807, 2.05) is 31.1 Å². The molecular formula is C26H29F4N5O3. The molecule has 0 radical (unpaired) electrons. The standard InChI is InChI=1S/C26H29F4N5O3/c1-34(2)10-19(36)11-38-20-6-3-17(4-7-20)23-12-24(13-23,14-23)26(29,30)25(37,15-35-16-31-32-33-35)21-8-5-18(27)9-22(21)28/h3-9,16,19,36-37H,10-15H2,1-2H3/t19-,23?,24?,25+/m1/s1. The summed E-state index contributed by atoms with van der Waals surface area (Å²) in [4.78, 5) is 1.85. The Balaban J connectivity index is 1.33. The third-order valence-corrected chi connectivity index (χ3v) is 7.86. The number of aromatic nitrogens is 4. The number of hydrogen-bond acceptors (Lipinski definition) is 7. The molecule has 3 aliphatic carbocycles. The van der Waals surface area contributed by atoms with Gasteiger partial charge in [0.15, 0.2) is 5.60 Å². The molecular weight excluding hydrogens is 506 g/mol. The molecule has 0 saturated heterocycles. The molecule has 3 aliphatic rings. The van der Waals surface area contributed by atoms with Gasteiger partial charge in [-0.2, -0.15) is 0 Å². The average molecular weight is 536 g/mol. The first-order valence-corrected chi connectivity index (χ1v) is 12.2. The zero-order valence-electron chi connectivity index (χ0n) is 21.0. The molecule has 3 saturated carbocycles. The van der Waals surface area contributed by atoms with Crippen LogP contribution in [0.25, 0.3) is 0 Å². The van der Waals surface area contributed by atoms with Crippen LogP contribution in [-0.2, 0) is 17.6 Å². The van der Waals surface area contributed by atoms with Gasteiger partial charge in [0.05, 0.1) is 6.54 Å². The molecule has 1 aromatic heterocycles. The number of halogens is 4. The Morgan fingerprint density at radius 1 is 1.11 bits per heavy atom. The van der Waals surface area contributed by atoms with Gasteiger partial charge in [0.25, 0.3) is 5.92 Å². The number of ether oxygens (including phenoxy) is 1. The first-order chi connectivity index (χ1) is 17.9. The van der Waals surface area contributed by atoms with Crippen molar-refractivity contribution in [2.45, 2.75) is 48.8 Å². The number of aliphatic hydroxyl groups is 2. The van der Waals surface area contributed by atoms with E-state index in [9.17, 15) is 19.0 Å². The molecule has 2 bridgehead atoms. The van der Waals surface area contributed by atoms with E-state index in [1.165, 1.54) is 0 Å². The first-order valence-electron chi connectivity index (χ1n) is 12.2. The molecule has 12 heteroatoms. The topological polar surface area (TPSA) is 96.5 Å². The van der Waals surface area contributed by atoms with E-state index in [2.05, 4.69) is 15.5 Å². The molecule has 8 nitrogen and oxygen atoms in total. The van der Waals surface area contributed by atoms with Crippen molar-refractivity contribution in [2.75, 3.05) is 27.2 Å². The summed E-state index contributed by atoms with van der Waals surface area (Å²) >= 11 is 0.